The molecule has 0 fully saturated rings. The van der Waals surface area contributed by atoms with Gasteiger partial charge in [-0.15, -0.1) is 11.6 Å². The van der Waals surface area contributed by atoms with Crippen LogP contribution in [-0.2, 0) is 5.41 Å². The van der Waals surface area contributed by atoms with Crippen molar-refractivity contribution in [3.05, 3.63) is 59.4 Å². The average molecular weight is 315 g/mol. The van der Waals surface area contributed by atoms with E-state index < -0.39 is 0 Å². The fraction of sp³-hybridized carbons (Fsp3) is 0.333. The molecule has 1 heterocycles. The van der Waals surface area contributed by atoms with Crippen LogP contribution in [0.25, 0.3) is 0 Å². The molecule has 0 aliphatic heterocycles. The standard InChI is InChI=1S/C18H19ClN2O/c1-11-15-13(18(2,3)16(11)19)7-4-8-14(15)21-17(22)12-6-5-9-20-10-12/h4-11,16H,1-3H3,(H,21,22). The molecular formula is C18H19ClN2O. The van der Waals surface area contributed by atoms with E-state index in [-0.39, 0.29) is 22.6 Å². The smallest absolute Gasteiger partial charge is 0.257 e. The minimum absolute atomic E-state index is 0.0129. The van der Waals surface area contributed by atoms with Crippen molar-refractivity contribution in [1.82, 2.24) is 4.98 Å². The molecule has 22 heavy (non-hydrogen) atoms. The molecule has 1 N–H and O–H groups in total. The van der Waals surface area contributed by atoms with Gasteiger partial charge in [-0.3, -0.25) is 9.78 Å². The zero-order valence-electron chi connectivity index (χ0n) is 12.9. The van der Waals surface area contributed by atoms with E-state index in [0.29, 0.717) is 5.56 Å². The molecule has 4 heteroatoms. The highest BCUT2D eigenvalue weighted by atomic mass is 35.5. The van der Waals surface area contributed by atoms with Crippen LogP contribution in [0.15, 0.2) is 42.7 Å². The second kappa shape index (κ2) is 5.40. The summed E-state index contributed by atoms with van der Waals surface area (Å²) < 4.78 is 0. The largest absolute Gasteiger partial charge is 0.322 e. The van der Waals surface area contributed by atoms with Crippen molar-refractivity contribution in [3.63, 3.8) is 0 Å². The van der Waals surface area contributed by atoms with Crippen molar-refractivity contribution in [1.29, 1.82) is 0 Å². The molecule has 0 saturated heterocycles. The van der Waals surface area contributed by atoms with Gasteiger partial charge in [0.15, 0.2) is 0 Å². The minimum atomic E-state index is -0.149. The molecule has 0 saturated carbocycles. The monoisotopic (exact) mass is 314 g/mol. The van der Waals surface area contributed by atoms with E-state index in [1.54, 1.807) is 24.5 Å². The highest BCUT2D eigenvalue weighted by molar-refractivity contribution is 6.22. The third kappa shape index (κ3) is 2.30. The summed E-state index contributed by atoms with van der Waals surface area (Å²) in [6.07, 6.45) is 3.22. The molecule has 1 aromatic carbocycles. The summed E-state index contributed by atoms with van der Waals surface area (Å²) in [5.74, 6) is 0.0431. The average Bonchev–Trinajstić information content (AvgIpc) is 2.70. The van der Waals surface area contributed by atoms with Crippen LogP contribution in [-0.4, -0.2) is 16.3 Å². The predicted octanol–water partition coefficient (Wildman–Crippen LogP) is 4.34. The Kier molecular flexibility index (Phi) is 3.69. The lowest BCUT2D eigenvalue weighted by Crippen LogP contribution is -2.25. The lowest BCUT2D eigenvalue weighted by Gasteiger charge is -2.24. The van der Waals surface area contributed by atoms with Gasteiger partial charge in [0.05, 0.1) is 5.56 Å². The van der Waals surface area contributed by atoms with Crippen LogP contribution in [0.4, 0.5) is 5.69 Å². The highest BCUT2D eigenvalue weighted by Gasteiger charge is 2.44. The van der Waals surface area contributed by atoms with Crippen LogP contribution in [0.1, 0.15) is 48.2 Å². The molecule has 1 aromatic heterocycles. The summed E-state index contributed by atoms with van der Waals surface area (Å²) in [5, 5.41) is 3.02. The molecule has 2 unspecified atom stereocenters. The van der Waals surface area contributed by atoms with Crippen LogP contribution in [0.2, 0.25) is 0 Å². The number of hydrogen-bond donors (Lipinski definition) is 1. The van der Waals surface area contributed by atoms with Gasteiger partial charge in [-0.05, 0) is 29.3 Å². The maximum absolute atomic E-state index is 12.4. The van der Waals surface area contributed by atoms with Crippen molar-refractivity contribution >= 4 is 23.2 Å². The Morgan fingerprint density at radius 3 is 2.73 bits per heavy atom. The fourth-order valence-electron chi connectivity index (χ4n) is 3.34. The Balaban J connectivity index is 1.98. The Morgan fingerprint density at radius 1 is 1.27 bits per heavy atom. The first-order chi connectivity index (χ1) is 10.4. The molecule has 1 aliphatic rings. The molecule has 2 atom stereocenters. The number of fused-ring (bicyclic) bond motifs is 1. The normalized spacial score (nSPS) is 22.2. The van der Waals surface area contributed by atoms with Gasteiger partial charge in [-0.25, -0.2) is 0 Å². The molecule has 2 aromatic rings. The van der Waals surface area contributed by atoms with Gasteiger partial charge in [0.2, 0.25) is 0 Å². The van der Waals surface area contributed by atoms with Gasteiger partial charge in [0.25, 0.3) is 5.91 Å². The summed E-state index contributed by atoms with van der Waals surface area (Å²) in [7, 11) is 0. The first kappa shape index (κ1) is 15.0. The number of halogens is 1. The zero-order valence-corrected chi connectivity index (χ0v) is 13.7. The Hall–Kier alpha value is -1.87. The van der Waals surface area contributed by atoms with E-state index in [1.165, 1.54) is 5.56 Å². The van der Waals surface area contributed by atoms with Crippen LogP contribution < -0.4 is 5.32 Å². The number of nitrogens with one attached hydrogen (secondary N) is 1. The van der Waals surface area contributed by atoms with Crippen molar-refractivity contribution in [2.24, 2.45) is 0 Å². The van der Waals surface area contributed by atoms with Gasteiger partial charge in [0.1, 0.15) is 0 Å². The van der Waals surface area contributed by atoms with Crippen LogP contribution >= 0.6 is 11.6 Å². The van der Waals surface area contributed by atoms with Crippen molar-refractivity contribution in [2.75, 3.05) is 5.32 Å². The van der Waals surface area contributed by atoms with Crippen molar-refractivity contribution in [2.45, 2.75) is 37.5 Å². The van der Waals surface area contributed by atoms with E-state index in [9.17, 15) is 4.79 Å². The lowest BCUT2D eigenvalue weighted by molar-refractivity contribution is 0.102. The first-order valence-corrected chi connectivity index (χ1v) is 7.85. The number of pyridine rings is 1. The Morgan fingerprint density at radius 2 is 2.05 bits per heavy atom. The van der Waals surface area contributed by atoms with Crippen LogP contribution in [0, 0.1) is 0 Å². The number of rotatable bonds is 2. The number of carbonyl (C=O) groups is 1. The SMILES string of the molecule is CC1c2c(NC(=O)c3cccnc3)cccc2C(C)(C)C1Cl. The first-order valence-electron chi connectivity index (χ1n) is 7.41. The van der Waals surface area contributed by atoms with Gasteiger partial charge in [-0.1, -0.05) is 32.9 Å². The predicted molar refractivity (Wildman–Crippen MR) is 89.7 cm³/mol. The van der Waals surface area contributed by atoms with E-state index in [4.69, 9.17) is 11.6 Å². The lowest BCUT2D eigenvalue weighted by atomic mass is 9.85. The number of carbonyl (C=O) groups excluding carboxylic acids is 1. The number of nitrogens with zero attached hydrogens (tertiary/aromatic N) is 1. The van der Waals surface area contributed by atoms with Gasteiger partial charge >= 0.3 is 0 Å². The third-order valence-corrected chi connectivity index (χ3v) is 5.48. The van der Waals surface area contributed by atoms with Crippen LogP contribution in [0.3, 0.4) is 0 Å². The number of amides is 1. The third-order valence-electron chi connectivity index (χ3n) is 4.56. The Labute approximate surface area is 135 Å². The highest BCUT2D eigenvalue weighted by Crippen LogP contribution is 2.51. The van der Waals surface area contributed by atoms with E-state index in [0.717, 1.165) is 11.3 Å². The summed E-state index contributed by atoms with van der Waals surface area (Å²) in [5.41, 5.74) is 3.64. The number of alkyl halides is 1. The molecule has 0 radical (unpaired) electrons. The Bertz CT molecular complexity index is 712. The second-order valence-electron chi connectivity index (χ2n) is 6.37. The van der Waals surface area contributed by atoms with E-state index in [1.807, 2.05) is 12.1 Å². The number of benzene rings is 1. The molecule has 0 bridgehead atoms. The zero-order chi connectivity index (χ0) is 15.9. The fourth-order valence-corrected chi connectivity index (χ4v) is 3.58. The molecule has 0 spiro atoms. The van der Waals surface area contributed by atoms with E-state index >= 15 is 0 Å². The molecule has 3 nitrogen and oxygen atoms in total. The van der Waals surface area contributed by atoms with Gasteiger partial charge in [-0.2, -0.15) is 0 Å². The van der Waals surface area contributed by atoms with E-state index in [2.05, 4.69) is 37.1 Å². The van der Waals surface area contributed by atoms with Gasteiger partial charge < -0.3 is 5.32 Å². The maximum Gasteiger partial charge on any atom is 0.257 e. The topological polar surface area (TPSA) is 42.0 Å². The summed E-state index contributed by atoms with van der Waals surface area (Å²) in [6, 6.07) is 9.53. The second-order valence-corrected chi connectivity index (χ2v) is 6.84. The quantitative estimate of drug-likeness (QED) is 0.838. The molecule has 1 aliphatic carbocycles. The molecule has 3 rings (SSSR count). The molecule has 114 valence electrons. The molecular weight excluding hydrogens is 296 g/mol. The number of anilines is 1. The van der Waals surface area contributed by atoms with Crippen molar-refractivity contribution < 1.29 is 4.79 Å². The maximum atomic E-state index is 12.4. The number of hydrogen-bond acceptors (Lipinski definition) is 2. The molecule has 1 amide bonds. The minimum Gasteiger partial charge on any atom is -0.322 e. The van der Waals surface area contributed by atoms with Crippen LogP contribution in [0.5, 0.6) is 0 Å². The van der Waals surface area contributed by atoms with Gasteiger partial charge in [0, 0.05) is 34.8 Å². The summed E-state index contributed by atoms with van der Waals surface area (Å²) >= 11 is 6.62. The summed E-state index contributed by atoms with van der Waals surface area (Å²) in [4.78, 5) is 16.4. The number of aromatic nitrogens is 1. The van der Waals surface area contributed by atoms with Crippen molar-refractivity contribution in [3.8, 4) is 0 Å². The summed E-state index contributed by atoms with van der Waals surface area (Å²) in [6.45, 7) is 6.42.